The van der Waals surface area contributed by atoms with Gasteiger partial charge in [0.2, 0.25) is 0 Å². The average Bonchev–Trinajstić information content (AvgIpc) is 3.19. The number of piperazine rings is 1. The van der Waals surface area contributed by atoms with E-state index in [9.17, 15) is 4.79 Å². The summed E-state index contributed by atoms with van der Waals surface area (Å²) in [5.41, 5.74) is 3.03. The van der Waals surface area contributed by atoms with Crippen molar-refractivity contribution in [2.75, 3.05) is 38.5 Å². The van der Waals surface area contributed by atoms with Crippen molar-refractivity contribution in [3.8, 4) is 0 Å². The fraction of sp³-hybridized carbons (Fsp3) is 0.320. The van der Waals surface area contributed by atoms with Crippen LogP contribution in [0.2, 0.25) is 5.02 Å². The quantitative estimate of drug-likeness (QED) is 0.531. The lowest BCUT2D eigenvalue weighted by atomic mass is 9.97. The minimum absolute atomic E-state index is 0.0698. The number of hydrogen-bond acceptors (Lipinski definition) is 4. The van der Waals surface area contributed by atoms with Gasteiger partial charge in [-0.25, -0.2) is 0 Å². The SMILES string of the molecule is CCc1cc([C@@H](c2ccc(Cl)cc2)N2CCN(C)CC2)c(NC(=O)c2ccccc2)s1. The van der Waals surface area contributed by atoms with Crippen LogP contribution in [0, 0.1) is 0 Å². The van der Waals surface area contributed by atoms with Crippen LogP contribution in [0.1, 0.15) is 39.3 Å². The highest BCUT2D eigenvalue weighted by molar-refractivity contribution is 7.16. The zero-order valence-corrected chi connectivity index (χ0v) is 19.5. The molecule has 0 saturated carbocycles. The van der Waals surface area contributed by atoms with E-state index < -0.39 is 0 Å². The number of rotatable bonds is 6. The van der Waals surface area contributed by atoms with Crippen molar-refractivity contribution in [2.45, 2.75) is 19.4 Å². The molecule has 1 N–H and O–H groups in total. The Morgan fingerprint density at radius 2 is 1.74 bits per heavy atom. The zero-order chi connectivity index (χ0) is 21.8. The molecule has 31 heavy (non-hydrogen) atoms. The summed E-state index contributed by atoms with van der Waals surface area (Å²) in [6, 6.07) is 19.9. The Bertz CT molecular complexity index is 1010. The zero-order valence-electron chi connectivity index (χ0n) is 18.0. The predicted octanol–water partition coefficient (Wildman–Crippen LogP) is 5.55. The molecule has 0 radical (unpaired) electrons. The van der Waals surface area contributed by atoms with Gasteiger partial charge in [-0.3, -0.25) is 9.69 Å². The number of halogens is 1. The van der Waals surface area contributed by atoms with E-state index in [0.29, 0.717) is 5.56 Å². The number of hydrogen-bond donors (Lipinski definition) is 1. The van der Waals surface area contributed by atoms with Crippen LogP contribution in [-0.2, 0) is 6.42 Å². The fourth-order valence-electron chi connectivity index (χ4n) is 4.01. The van der Waals surface area contributed by atoms with Gasteiger partial charge in [-0.2, -0.15) is 0 Å². The van der Waals surface area contributed by atoms with Gasteiger partial charge in [0.1, 0.15) is 5.00 Å². The molecule has 2 heterocycles. The van der Waals surface area contributed by atoms with Crippen LogP contribution >= 0.6 is 22.9 Å². The Kier molecular flexibility index (Phi) is 7.08. The van der Waals surface area contributed by atoms with Crippen molar-refractivity contribution in [3.05, 3.63) is 87.3 Å². The highest BCUT2D eigenvalue weighted by Crippen LogP contribution is 2.40. The largest absolute Gasteiger partial charge is 0.313 e. The number of anilines is 1. The standard InChI is InChI=1S/C25H28ClN3OS/c1-3-21-17-22(25(31-21)27-24(30)19-7-5-4-6-8-19)23(18-9-11-20(26)12-10-18)29-15-13-28(2)14-16-29/h4-12,17,23H,3,13-16H2,1-2H3,(H,27,30)/t23-/m1/s1. The molecule has 1 aromatic heterocycles. The Labute approximate surface area is 193 Å². The molecule has 0 aliphatic carbocycles. The molecule has 4 rings (SSSR count). The van der Waals surface area contributed by atoms with Crippen LogP contribution in [0.25, 0.3) is 0 Å². The van der Waals surface area contributed by atoms with E-state index in [-0.39, 0.29) is 11.9 Å². The van der Waals surface area contributed by atoms with E-state index in [1.54, 1.807) is 11.3 Å². The minimum atomic E-state index is -0.0698. The van der Waals surface area contributed by atoms with Gasteiger partial charge in [-0.1, -0.05) is 48.9 Å². The molecule has 0 unspecified atom stereocenters. The molecule has 6 heteroatoms. The van der Waals surface area contributed by atoms with E-state index in [1.165, 1.54) is 10.4 Å². The molecule has 1 saturated heterocycles. The van der Waals surface area contributed by atoms with Gasteiger partial charge >= 0.3 is 0 Å². The molecular weight excluding hydrogens is 426 g/mol. The van der Waals surface area contributed by atoms with Gasteiger partial charge < -0.3 is 10.2 Å². The highest BCUT2D eigenvalue weighted by Gasteiger charge is 2.29. The lowest BCUT2D eigenvalue weighted by Gasteiger charge is -2.38. The maximum absolute atomic E-state index is 12.9. The van der Waals surface area contributed by atoms with Crippen molar-refractivity contribution in [3.63, 3.8) is 0 Å². The van der Waals surface area contributed by atoms with E-state index in [0.717, 1.165) is 48.2 Å². The average molecular weight is 454 g/mol. The lowest BCUT2D eigenvalue weighted by molar-refractivity contribution is 0.102. The molecule has 1 aliphatic rings. The number of amides is 1. The molecule has 0 bridgehead atoms. The summed E-state index contributed by atoms with van der Waals surface area (Å²) in [7, 11) is 2.17. The van der Waals surface area contributed by atoms with E-state index in [1.807, 2.05) is 42.5 Å². The first-order valence-electron chi connectivity index (χ1n) is 10.7. The van der Waals surface area contributed by atoms with Gasteiger partial charge in [-0.15, -0.1) is 11.3 Å². The first-order chi connectivity index (χ1) is 15.0. The number of carbonyl (C=O) groups excluding carboxylic acids is 1. The van der Waals surface area contributed by atoms with E-state index in [2.05, 4.69) is 47.3 Å². The van der Waals surface area contributed by atoms with Gasteiger partial charge in [-0.05, 0) is 49.4 Å². The lowest BCUT2D eigenvalue weighted by Crippen LogP contribution is -2.46. The summed E-state index contributed by atoms with van der Waals surface area (Å²) >= 11 is 7.86. The number of benzene rings is 2. The molecule has 162 valence electrons. The summed E-state index contributed by atoms with van der Waals surface area (Å²) in [5, 5.41) is 4.88. The summed E-state index contributed by atoms with van der Waals surface area (Å²) in [5.74, 6) is -0.0698. The molecule has 4 nitrogen and oxygen atoms in total. The predicted molar refractivity (Wildman–Crippen MR) is 130 cm³/mol. The van der Waals surface area contributed by atoms with Crippen molar-refractivity contribution in [1.29, 1.82) is 0 Å². The van der Waals surface area contributed by atoms with Gasteiger partial charge in [0, 0.05) is 47.2 Å². The Hall–Kier alpha value is -2.18. The highest BCUT2D eigenvalue weighted by atomic mass is 35.5. The maximum atomic E-state index is 12.9. The number of nitrogens with one attached hydrogen (secondary N) is 1. The number of thiophene rings is 1. The first-order valence-corrected chi connectivity index (χ1v) is 11.9. The monoisotopic (exact) mass is 453 g/mol. The van der Waals surface area contributed by atoms with Crippen LogP contribution in [-0.4, -0.2) is 48.9 Å². The minimum Gasteiger partial charge on any atom is -0.313 e. The Morgan fingerprint density at radius 1 is 1.06 bits per heavy atom. The van der Waals surface area contributed by atoms with Crippen LogP contribution in [0.3, 0.4) is 0 Å². The second-order valence-electron chi connectivity index (χ2n) is 7.96. The van der Waals surface area contributed by atoms with Crippen molar-refractivity contribution in [2.24, 2.45) is 0 Å². The second-order valence-corrected chi connectivity index (χ2v) is 9.54. The second kappa shape index (κ2) is 9.96. The summed E-state index contributed by atoms with van der Waals surface area (Å²) in [4.78, 5) is 19.1. The normalized spacial score (nSPS) is 16.2. The maximum Gasteiger partial charge on any atom is 0.256 e. The van der Waals surface area contributed by atoms with Crippen molar-refractivity contribution < 1.29 is 4.79 Å². The van der Waals surface area contributed by atoms with Gasteiger partial charge in [0.25, 0.3) is 5.91 Å². The number of nitrogens with zero attached hydrogens (tertiary/aromatic N) is 2. The van der Waals surface area contributed by atoms with Crippen LogP contribution in [0.15, 0.2) is 60.7 Å². The third-order valence-corrected chi connectivity index (χ3v) is 7.27. The molecule has 1 amide bonds. The van der Waals surface area contributed by atoms with E-state index in [4.69, 9.17) is 11.6 Å². The molecule has 1 atom stereocenters. The van der Waals surface area contributed by atoms with E-state index >= 15 is 0 Å². The van der Waals surface area contributed by atoms with Crippen molar-refractivity contribution >= 4 is 33.8 Å². The molecular formula is C25H28ClN3OS. The van der Waals surface area contributed by atoms with Gasteiger partial charge in [0.05, 0.1) is 6.04 Å². The summed E-state index contributed by atoms with van der Waals surface area (Å²) < 4.78 is 0. The number of aryl methyl sites for hydroxylation is 1. The first kappa shape index (κ1) is 22.0. The Balaban J connectivity index is 1.72. The molecule has 1 aliphatic heterocycles. The number of likely N-dealkylation sites (N-methyl/N-ethyl adjacent to an activating group) is 1. The molecule has 1 fully saturated rings. The topological polar surface area (TPSA) is 35.6 Å². The van der Waals surface area contributed by atoms with Crippen LogP contribution < -0.4 is 5.32 Å². The number of carbonyl (C=O) groups is 1. The summed E-state index contributed by atoms with van der Waals surface area (Å²) in [6.45, 7) is 6.17. The van der Waals surface area contributed by atoms with Crippen LogP contribution in [0.5, 0.6) is 0 Å². The third kappa shape index (κ3) is 5.18. The molecule has 2 aromatic carbocycles. The molecule has 0 spiro atoms. The van der Waals surface area contributed by atoms with Crippen molar-refractivity contribution in [1.82, 2.24) is 9.80 Å². The molecule has 3 aromatic rings. The third-order valence-electron chi connectivity index (χ3n) is 5.81. The van der Waals surface area contributed by atoms with Crippen LogP contribution in [0.4, 0.5) is 5.00 Å². The summed E-state index contributed by atoms with van der Waals surface area (Å²) in [6.07, 6.45) is 0.939. The van der Waals surface area contributed by atoms with Gasteiger partial charge in [0.15, 0.2) is 0 Å². The Morgan fingerprint density at radius 3 is 2.39 bits per heavy atom. The fourth-order valence-corrected chi connectivity index (χ4v) is 5.16. The smallest absolute Gasteiger partial charge is 0.256 e.